The Hall–Kier alpha value is -0.188. The van der Waals surface area contributed by atoms with Crippen LogP contribution < -0.4 is 0 Å². The van der Waals surface area contributed by atoms with Gasteiger partial charge in [-0.2, -0.15) is 0 Å². The summed E-state index contributed by atoms with van der Waals surface area (Å²) >= 11 is 0. The van der Waals surface area contributed by atoms with Gasteiger partial charge >= 0.3 is 8.69 Å². The van der Waals surface area contributed by atoms with Gasteiger partial charge in [-0.15, -0.1) is 0 Å². The summed E-state index contributed by atoms with van der Waals surface area (Å²) in [7, 11) is -0.235. The average molecular weight is 198 g/mol. The summed E-state index contributed by atoms with van der Waals surface area (Å²) < 4.78 is 14.5. The minimum absolute atomic E-state index is 0. The monoisotopic (exact) mass is 198 g/mol. The zero-order valence-corrected chi connectivity index (χ0v) is 6.96. The Morgan fingerprint density at radius 3 is 2.50 bits per heavy atom. The number of hydrogen-bond donors (Lipinski definition) is 0. The summed E-state index contributed by atoms with van der Waals surface area (Å²) in [5, 5.41) is 0. The third kappa shape index (κ3) is 4.64. The summed E-state index contributed by atoms with van der Waals surface area (Å²) in [5.41, 5.74) is 1.20. The van der Waals surface area contributed by atoms with E-state index in [2.05, 4.69) is 4.52 Å². The topological polar surface area (TPSA) is 26.3 Å². The SMILES string of the molecule is O=POCCc1ccccc1.[AlH3]. The lowest BCUT2D eigenvalue weighted by Crippen LogP contribution is -1.90. The molecule has 0 N–H and O–H groups in total. The number of hydrogen-bond acceptors (Lipinski definition) is 2. The molecule has 2 nitrogen and oxygen atoms in total. The van der Waals surface area contributed by atoms with Crippen LogP contribution in [0.3, 0.4) is 0 Å². The van der Waals surface area contributed by atoms with Gasteiger partial charge in [0.25, 0.3) is 0 Å². The average Bonchev–Trinajstić information content (AvgIpc) is 2.07. The Kier molecular flexibility index (Phi) is 7.34. The molecule has 0 bridgehead atoms. The highest BCUT2D eigenvalue weighted by molar-refractivity contribution is 7.17. The molecule has 0 unspecified atom stereocenters. The highest BCUT2D eigenvalue weighted by Gasteiger charge is 1.89. The lowest BCUT2D eigenvalue weighted by molar-refractivity contribution is 0.347. The van der Waals surface area contributed by atoms with Crippen molar-refractivity contribution < 1.29 is 9.09 Å². The lowest BCUT2D eigenvalue weighted by atomic mass is 10.2. The van der Waals surface area contributed by atoms with Crippen molar-refractivity contribution >= 4 is 26.0 Å². The summed E-state index contributed by atoms with van der Waals surface area (Å²) in [6.07, 6.45) is 0.816. The molecule has 0 amide bonds. The third-order valence-corrected chi connectivity index (χ3v) is 1.67. The molecule has 0 fully saturated rings. The number of rotatable bonds is 4. The van der Waals surface area contributed by atoms with Crippen molar-refractivity contribution in [3.8, 4) is 0 Å². The largest absolute Gasteiger partial charge is 0.327 e. The first-order chi connectivity index (χ1) is 5.43. The molecule has 0 spiro atoms. The quantitative estimate of drug-likeness (QED) is 0.413. The van der Waals surface area contributed by atoms with E-state index >= 15 is 0 Å². The van der Waals surface area contributed by atoms with Gasteiger partial charge in [0.15, 0.2) is 17.4 Å². The fraction of sp³-hybridized carbons (Fsp3) is 0.250. The van der Waals surface area contributed by atoms with Gasteiger partial charge in [0.05, 0.1) is 6.61 Å². The Morgan fingerprint density at radius 1 is 1.25 bits per heavy atom. The molecule has 1 rings (SSSR count). The van der Waals surface area contributed by atoms with Crippen molar-refractivity contribution in [2.45, 2.75) is 6.42 Å². The molecule has 0 heterocycles. The second kappa shape index (κ2) is 7.46. The second-order valence-electron chi connectivity index (χ2n) is 2.14. The van der Waals surface area contributed by atoms with Crippen LogP contribution in [-0.4, -0.2) is 24.0 Å². The van der Waals surface area contributed by atoms with Crippen LogP contribution in [0.1, 0.15) is 5.56 Å². The Bertz CT molecular complexity index is 216. The molecule has 4 heteroatoms. The van der Waals surface area contributed by atoms with E-state index in [4.69, 9.17) is 0 Å². The van der Waals surface area contributed by atoms with Crippen molar-refractivity contribution in [1.29, 1.82) is 0 Å². The van der Waals surface area contributed by atoms with E-state index in [9.17, 15) is 4.57 Å². The van der Waals surface area contributed by atoms with E-state index in [-0.39, 0.29) is 26.0 Å². The van der Waals surface area contributed by atoms with Gasteiger partial charge in [0.1, 0.15) is 0 Å². The predicted molar refractivity (Wildman–Crippen MR) is 53.6 cm³/mol. The van der Waals surface area contributed by atoms with Gasteiger partial charge in [-0.05, 0) is 12.0 Å². The van der Waals surface area contributed by atoms with Crippen LogP contribution >= 0.6 is 8.69 Å². The maximum atomic E-state index is 9.87. The molecule has 1 aromatic rings. The number of benzene rings is 1. The molecular weight excluding hydrogens is 186 g/mol. The van der Waals surface area contributed by atoms with E-state index in [0.29, 0.717) is 6.61 Å². The molecule has 0 saturated carbocycles. The first-order valence-corrected chi connectivity index (χ1v) is 4.15. The molecule has 0 saturated heterocycles. The highest BCUT2D eigenvalue weighted by atomic mass is 31.1. The van der Waals surface area contributed by atoms with Gasteiger partial charge in [-0.25, -0.2) is 4.57 Å². The molecule has 64 valence electrons. The molecule has 0 radical (unpaired) electrons. The lowest BCUT2D eigenvalue weighted by Gasteiger charge is -1.96. The summed E-state index contributed by atoms with van der Waals surface area (Å²) in [4.78, 5) is 0. The molecule has 1 aromatic carbocycles. The first kappa shape index (κ1) is 11.8. The summed E-state index contributed by atoms with van der Waals surface area (Å²) in [6, 6.07) is 9.96. The van der Waals surface area contributed by atoms with Crippen molar-refractivity contribution in [2.24, 2.45) is 0 Å². The van der Waals surface area contributed by atoms with E-state index in [1.807, 2.05) is 30.3 Å². The van der Waals surface area contributed by atoms with Crippen LogP contribution in [0.25, 0.3) is 0 Å². The van der Waals surface area contributed by atoms with E-state index in [1.54, 1.807) is 0 Å². The zero-order chi connectivity index (χ0) is 7.94. The predicted octanol–water partition coefficient (Wildman–Crippen LogP) is 1.27. The van der Waals surface area contributed by atoms with E-state index in [0.717, 1.165) is 6.42 Å². The van der Waals surface area contributed by atoms with E-state index in [1.165, 1.54) is 5.56 Å². The van der Waals surface area contributed by atoms with E-state index < -0.39 is 0 Å². The summed E-state index contributed by atoms with van der Waals surface area (Å²) in [5.74, 6) is 0. The van der Waals surface area contributed by atoms with Crippen molar-refractivity contribution in [3.63, 3.8) is 0 Å². The van der Waals surface area contributed by atoms with Crippen LogP contribution in [-0.2, 0) is 15.5 Å². The fourth-order valence-electron chi connectivity index (χ4n) is 0.845. The summed E-state index contributed by atoms with van der Waals surface area (Å²) in [6.45, 7) is 0.509. The van der Waals surface area contributed by atoms with Crippen LogP contribution in [0.2, 0.25) is 0 Å². The molecule has 0 aromatic heterocycles. The smallest absolute Gasteiger partial charge is 0.294 e. The Balaban J connectivity index is 0.00000121. The second-order valence-corrected chi connectivity index (χ2v) is 2.55. The maximum absolute atomic E-state index is 9.87. The van der Waals surface area contributed by atoms with Crippen LogP contribution in [0.5, 0.6) is 0 Å². The molecular formula is C8H12AlO2P. The van der Waals surface area contributed by atoms with Crippen LogP contribution in [0.4, 0.5) is 0 Å². The molecule has 0 aliphatic heterocycles. The van der Waals surface area contributed by atoms with Crippen LogP contribution in [0.15, 0.2) is 30.3 Å². The fourth-order valence-corrected chi connectivity index (χ4v) is 1.01. The normalized spacial score (nSPS) is 9.33. The van der Waals surface area contributed by atoms with Gasteiger partial charge in [0.2, 0.25) is 0 Å². The minimum atomic E-state index is -0.235. The highest BCUT2D eigenvalue weighted by Crippen LogP contribution is 2.02. The van der Waals surface area contributed by atoms with Crippen molar-refractivity contribution in [2.75, 3.05) is 6.61 Å². The van der Waals surface area contributed by atoms with Crippen molar-refractivity contribution in [1.82, 2.24) is 0 Å². The molecule has 12 heavy (non-hydrogen) atoms. The third-order valence-electron chi connectivity index (χ3n) is 1.38. The standard InChI is InChI=1S/C8H9O2P.Al.3H/c9-11-10-7-6-8-4-2-1-3-5-8;;;;/h1-5H,6-7H2;;;;. The first-order valence-electron chi connectivity index (χ1n) is 3.42. The Morgan fingerprint density at radius 2 is 1.92 bits per heavy atom. The van der Waals surface area contributed by atoms with Gasteiger partial charge in [-0.3, -0.25) is 4.52 Å². The van der Waals surface area contributed by atoms with Crippen molar-refractivity contribution in [3.05, 3.63) is 35.9 Å². The van der Waals surface area contributed by atoms with Crippen LogP contribution in [0, 0.1) is 0 Å². The van der Waals surface area contributed by atoms with Gasteiger partial charge in [0, 0.05) is 0 Å². The Labute approximate surface area is 84.4 Å². The molecule has 0 aliphatic rings. The molecule has 0 atom stereocenters. The van der Waals surface area contributed by atoms with Gasteiger partial charge < -0.3 is 0 Å². The van der Waals surface area contributed by atoms with Gasteiger partial charge in [-0.1, -0.05) is 30.3 Å². The molecule has 0 aliphatic carbocycles. The maximum Gasteiger partial charge on any atom is 0.327 e. The minimum Gasteiger partial charge on any atom is -0.294 e. The zero-order valence-electron chi connectivity index (χ0n) is 6.06.